The Balaban J connectivity index is 2.91. The fraction of sp³-hybridized carbons (Fsp3) is 0.200. The first-order valence-corrected chi connectivity index (χ1v) is 6.64. The number of hydrogen-bond acceptors (Lipinski definition) is 3. The summed E-state index contributed by atoms with van der Waals surface area (Å²) in [5.41, 5.74) is 0.783. The first-order chi connectivity index (χ1) is 7.13. The minimum atomic E-state index is 0.0165. The van der Waals surface area contributed by atoms with Crippen LogP contribution in [-0.2, 0) is 7.05 Å². The lowest BCUT2D eigenvalue weighted by Crippen LogP contribution is -2.19. The third-order valence-electron chi connectivity index (χ3n) is 2.18. The first kappa shape index (κ1) is 10.9. The molecule has 0 bridgehead atoms. The van der Waals surface area contributed by atoms with Crippen LogP contribution in [0.2, 0.25) is 0 Å². The Bertz CT molecular complexity index is 579. The van der Waals surface area contributed by atoms with Crippen LogP contribution in [0.1, 0.15) is 0 Å². The smallest absolute Gasteiger partial charge is 0.261 e. The monoisotopic (exact) mass is 332 g/mol. The summed E-state index contributed by atoms with van der Waals surface area (Å²) in [5, 5.41) is 1.43. The minimum Gasteiger partial charge on any atom is -0.290 e. The zero-order chi connectivity index (χ0) is 11.0. The van der Waals surface area contributed by atoms with Gasteiger partial charge in [-0.05, 0) is 47.0 Å². The standard InChI is InChI=1S/C10H9IN2OS/c1-13-9(14)7-5-6(11)3-4-8(7)12-10(13)15-2/h3-5H,1-2H3. The van der Waals surface area contributed by atoms with Gasteiger partial charge in [0, 0.05) is 10.6 Å². The van der Waals surface area contributed by atoms with E-state index in [1.807, 2.05) is 24.5 Å². The topological polar surface area (TPSA) is 34.9 Å². The third kappa shape index (κ3) is 1.90. The molecule has 0 radical (unpaired) electrons. The van der Waals surface area contributed by atoms with Crippen LogP contribution >= 0.6 is 34.4 Å². The number of nitrogens with zero attached hydrogens (tertiary/aromatic N) is 2. The van der Waals surface area contributed by atoms with Crippen molar-refractivity contribution in [2.45, 2.75) is 5.16 Å². The molecule has 1 aromatic carbocycles. The van der Waals surface area contributed by atoms with Crippen LogP contribution in [0.25, 0.3) is 10.9 Å². The van der Waals surface area contributed by atoms with E-state index >= 15 is 0 Å². The fourth-order valence-electron chi connectivity index (χ4n) is 1.41. The summed E-state index contributed by atoms with van der Waals surface area (Å²) in [7, 11) is 1.75. The first-order valence-electron chi connectivity index (χ1n) is 4.34. The van der Waals surface area contributed by atoms with E-state index in [0.29, 0.717) is 5.39 Å². The molecule has 0 N–H and O–H groups in total. The van der Waals surface area contributed by atoms with Gasteiger partial charge in [-0.2, -0.15) is 0 Å². The van der Waals surface area contributed by atoms with Crippen molar-refractivity contribution in [3.8, 4) is 0 Å². The highest BCUT2D eigenvalue weighted by Gasteiger charge is 2.07. The second kappa shape index (κ2) is 4.13. The number of fused-ring (bicyclic) bond motifs is 1. The van der Waals surface area contributed by atoms with Gasteiger partial charge < -0.3 is 0 Å². The van der Waals surface area contributed by atoms with E-state index < -0.39 is 0 Å². The van der Waals surface area contributed by atoms with Crippen molar-refractivity contribution < 1.29 is 0 Å². The Kier molecular flexibility index (Phi) is 3.01. The van der Waals surface area contributed by atoms with E-state index in [2.05, 4.69) is 27.6 Å². The second-order valence-corrected chi connectivity index (χ2v) is 5.14. The normalized spacial score (nSPS) is 10.9. The van der Waals surface area contributed by atoms with Crippen LogP contribution < -0.4 is 5.56 Å². The lowest BCUT2D eigenvalue weighted by Gasteiger charge is -2.06. The molecule has 0 aliphatic heterocycles. The van der Waals surface area contributed by atoms with Gasteiger partial charge in [-0.1, -0.05) is 11.8 Å². The van der Waals surface area contributed by atoms with E-state index in [1.165, 1.54) is 11.8 Å². The van der Waals surface area contributed by atoms with Gasteiger partial charge in [0.15, 0.2) is 5.16 Å². The van der Waals surface area contributed by atoms with Crippen LogP contribution in [0.3, 0.4) is 0 Å². The Hall–Kier alpha value is -0.560. The number of rotatable bonds is 1. The largest absolute Gasteiger partial charge is 0.290 e. The van der Waals surface area contributed by atoms with Crippen molar-refractivity contribution in [2.75, 3.05) is 6.26 Å². The zero-order valence-electron chi connectivity index (χ0n) is 8.32. The van der Waals surface area contributed by atoms with Gasteiger partial charge in [0.25, 0.3) is 5.56 Å². The second-order valence-electron chi connectivity index (χ2n) is 3.12. The molecule has 0 amide bonds. The molecular formula is C10H9IN2OS. The quantitative estimate of drug-likeness (QED) is 0.456. The number of hydrogen-bond donors (Lipinski definition) is 0. The Labute approximate surface area is 105 Å². The van der Waals surface area contributed by atoms with Crippen molar-refractivity contribution in [2.24, 2.45) is 7.05 Å². The lowest BCUT2D eigenvalue weighted by molar-refractivity contribution is 0.727. The molecule has 2 rings (SSSR count). The summed E-state index contributed by atoms with van der Waals surface area (Å²) < 4.78 is 2.64. The molecule has 15 heavy (non-hydrogen) atoms. The molecule has 0 aliphatic rings. The van der Waals surface area contributed by atoms with E-state index in [-0.39, 0.29) is 5.56 Å². The molecule has 0 spiro atoms. The maximum Gasteiger partial charge on any atom is 0.261 e. The molecule has 0 atom stereocenters. The Morgan fingerprint density at radius 3 is 2.87 bits per heavy atom. The summed E-state index contributed by atoms with van der Waals surface area (Å²) in [6, 6.07) is 5.72. The third-order valence-corrected chi connectivity index (χ3v) is 3.58. The highest BCUT2D eigenvalue weighted by molar-refractivity contribution is 14.1. The number of benzene rings is 1. The van der Waals surface area contributed by atoms with Gasteiger partial charge >= 0.3 is 0 Å². The van der Waals surface area contributed by atoms with Crippen molar-refractivity contribution >= 4 is 45.3 Å². The van der Waals surface area contributed by atoms with E-state index in [1.54, 1.807) is 11.6 Å². The van der Waals surface area contributed by atoms with Crippen LogP contribution in [0.5, 0.6) is 0 Å². The predicted octanol–water partition coefficient (Wildman–Crippen LogP) is 2.26. The highest BCUT2D eigenvalue weighted by atomic mass is 127. The molecule has 0 saturated heterocycles. The van der Waals surface area contributed by atoms with Crippen molar-refractivity contribution in [3.05, 3.63) is 32.1 Å². The number of halogens is 1. The molecule has 1 aromatic heterocycles. The van der Waals surface area contributed by atoms with E-state index in [0.717, 1.165) is 14.2 Å². The van der Waals surface area contributed by atoms with Gasteiger partial charge in [0.05, 0.1) is 10.9 Å². The highest BCUT2D eigenvalue weighted by Crippen LogP contribution is 2.16. The molecule has 2 aromatic rings. The van der Waals surface area contributed by atoms with Gasteiger partial charge in [-0.25, -0.2) is 4.98 Å². The SMILES string of the molecule is CSc1nc2ccc(I)cc2c(=O)n1C. The summed E-state index contributed by atoms with van der Waals surface area (Å²) >= 11 is 3.67. The molecule has 0 unspecified atom stereocenters. The molecule has 5 heteroatoms. The van der Waals surface area contributed by atoms with Crippen molar-refractivity contribution in [3.63, 3.8) is 0 Å². The molecule has 0 saturated carbocycles. The zero-order valence-corrected chi connectivity index (χ0v) is 11.3. The fourth-order valence-corrected chi connectivity index (χ4v) is 2.44. The van der Waals surface area contributed by atoms with Crippen LogP contribution in [-0.4, -0.2) is 15.8 Å². The van der Waals surface area contributed by atoms with Crippen molar-refractivity contribution in [1.29, 1.82) is 0 Å². The summed E-state index contributed by atoms with van der Waals surface area (Å²) in [6.07, 6.45) is 1.92. The lowest BCUT2D eigenvalue weighted by atomic mass is 10.2. The van der Waals surface area contributed by atoms with Crippen LogP contribution in [0.15, 0.2) is 28.2 Å². The Morgan fingerprint density at radius 1 is 1.47 bits per heavy atom. The molecular weight excluding hydrogens is 323 g/mol. The molecule has 1 heterocycles. The van der Waals surface area contributed by atoms with Gasteiger partial charge in [-0.15, -0.1) is 0 Å². The van der Waals surface area contributed by atoms with Gasteiger partial charge in [-0.3, -0.25) is 9.36 Å². The van der Waals surface area contributed by atoms with Gasteiger partial charge in [0.1, 0.15) is 0 Å². The molecule has 0 fully saturated rings. The van der Waals surface area contributed by atoms with E-state index in [9.17, 15) is 4.79 Å². The predicted molar refractivity (Wildman–Crippen MR) is 71.5 cm³/mol. The number of thioether (sulfide) groups is 1. The molecule has 3 nitrogen and oxygen atoms in total. The minimum absolute atomic E-state index is 0.0165. The summed E-state index contributed by atoms with van der Waals surface area (Å²) in [5.74, 6) is 0. The maximum absolute atomic E-state index is 12.0. The van der Waals surface area contributed by atoms with Gasteiger partial charge in [0.2, 0.25) is 0 Å². The average Bonchev–Trinajstić information content (AvgIpc) is 2.24. The summed E-state index contributed by atoms with van der Waals surface area (Å²) in [6.45, 7) is 0. The van der Waals surface area contributed by atoms with E-state index in [4.69, 9.17) is 0 Å². The average molecular weight is 332 g/mol. The van der Waals surface area contributed by atoms with Crippen LogP contribution in [0, 0.1) is 3.57 Å². The molecule has 78 valence electrons. The number of aromatic nitrogens is 2. The van der Waals surface area contributed by atoms with Crippen molar-refractivity contribution in [1.82, 2.24) is 9.55 Å². The Morgan fingerprint density at radius 2 is 2.20 bits per heavy atom. The maximum atomic E-state index is 12.0. The summed E-state index contributed by atoms with van der Waals surface area (Å²) in [4.78, 5) is 16.4. The molecule has 0 aliphatic carbocycles. The van der Waals surface area contributed by atoms with Crippen LogP contribution in [0.4, 0.5) is 0 Å².